The van der Waals surface area contributed by atoms with Crippen molar-refractivity contribution in [2.75, 3.05) is 7.11 Å². The zero-order chi connectivity index (χ0) is 14.2. The summed E-state index contributed by atoms with van der Waals surface area (Å²) >= 11 is 0. The Kier molecular flexibility index (Phi) is 3.35. The quantitative estimate of drug-likeness (QED) is 0.654. The molecule has 1 N–H and O–H groups in total. The Labute approximate surface area is 112 Å². The highest BCUT2D eigenvalue weighted by Crippen LogP contribution is 2.48. The first-order valence-corrected chi connectivity index (χ1v) is 6.38. The minimum atomic E-state index is -1.18. The van der Waals surface area contributed by atoms with Gasteiger partial charge in [-0.25, -0.2) is 0 Å². The van der Waals surface area contributed by atoms with E-state index in [1.807, 2.05) is 13.8 Å². The van der Waals surface area contributed by atoms with Crippen LogP contribution in [0.3, 0.4) is 0 Å². The summed E-state index contributed by atoms with van der Waals surface area (Å²) in [5.74, 6) is -0.363. The van der Waals surface area contributed by atoms with Gasteiger partial charge >= 0.3 is 5.97 Å². The molecule has 1 aromatic carbocycles. The van der Waals surface area contributed by atoms with Crippen LogP contribution in [-0.2, 0) is 4.79 Å². The first kappa shape index (κ1) is 13.6. The third kappa shape index (κ3) is 2.23. The van der Waals surface area contributed by atoms with Crippen LogP contribution in [0.2, 0.25) is 0 Å². The average molecular weight is 262 g/mol. The molecular weight excluding hydrogens is 244 g/mol. The molecule has 0 aliphatic heterocycles. The normalized spacial score (nSPS) is 16.2. The highest BCUT2D eigenvalue weighted by Gasteiger charge is 2.56. The van der Waals surface area contributed by atoms with Crippen LogP contribution in [0.25, 0.3) is 0 Å². The van der Waals surface area contributed by atoms with E-state index in [0.717, 1.165) is 11.3 Å². The number of Topliss-reactive ketones (excluding diaryl/α,β-unsaturated/α-hetero) is 1. The van der Waals surface area contributed by atoms with Crippen LogP contribution < -0.4 is 4.74 Å². The number of methoxy groups -OCH3 is 1. The SMILES string of the molecule is COc1ccc(C(=O)C2(C(=O)O)CC2)cc1C(C)C. The predicted octanol–water partition coefficient (Wildman–Crippen LogP) is 2.87. The lowest BCUT2D eigenvalue weighted by Gasteiger charge is -2.15. The predicted molar refractivity (Wildman–Crippen MR) is 70.7 cm³/mol. The number of ether oxygens (including phenoxy) is 1. The minimum absolute atomic E-state index is 0.211. The Bertz CT molecular complexity index is 527. The Morgan fingerprint density at radius 3 is 2.37 bits per heavy atom. The molecule has 19 heavy (non-hydrogen) atoms. The minimum Gasteiger partial charge on any atom is -0.496 e. The van der Waals surface area contributed by atoms with Crippen LogP contribution in [-0.4, -0.2) is 24.0 Å². The van der Waals surface area contributed by atoms with Crippen LogP contribution in [0.1, 0.15) is 48.5 Å². The summed E-state index contributed by atoms with van der Waals surface area (Å²) in [6.45, 7) is 4.02. The fourth-order valence-corrected chi connectivity index (χ4v) is 2.27. The second-order valence-corrected chi connectivity index (χ2v) is 5.33. The number of carboxylic acid groups (broad SMARTS) is 1. The lowest BCUT2D eigenvalue weighted by molar-refractivity contribution is -0.141. The number of hydrogen-bond donors (Lipinski definition) is 1. The monoisotopic (exact) mass is 262 g/mol. The van der Waals surface area contributed by atoms with Gasteiger partial charge in [0.25, 0.3) is 0 Å². The Balaban J connectivity index is 2.39. The second-order valence-electron chi connectivity index (χ2n) is 5.33. The Hall–Kier alpha value is -1.84. The number of ketones is 1. The van der Waals surface area contributed by atoms with Crippen molar-refractivity contribution in [2.45, 2.75) is 32.6 Å². The molecule has 0 aromatic heterocycles. The summed E-state index contributed by atoms with van der Waals surface area (Å²) in [5.41, 5.74) is 0.210. The maximum Gasteiger partial charge on any atom is 0.317 e. The van der Waals surface area contributed by atoms with E-state index in [1.54, 1.807) is 25.3 Å². The largest absolute Gasteiger partial charge is 0.496 e. The molecule has 0 radical (unpaired) electrons. The Morgan fingerprint density at radius 2 is 1.95 bits per heavy atom. The van der Waals surface area contributed by atoms with E-state index in [-0.39, 0.29) is 11.7 Å². The van der Waals surface area contributed by atoms with Crippen LogP contribution in [0.4, 0.5) is 0 Å². The second kappa shape index (κ2) is 4.68. The van der Waals surface area contributed by atoms with Crippen molar-refractivity contribution in [1.29, 1.82) is 0 Å². The molecular formula is C15H18O4. The van der Waals surface area contributed by atoms with Crippen molar-refractivity contribution >= 4 is 11.8 Å². The summed E-state index contributed by atoms with van der Waals surface area (Å²) < 4.78 is 5.26. The molecule has 4 heteroatoms. The number of rotatable bonds is 5. The van der Waals surface area contributed by atoms with Gasteiger partial charge < -0.3 is 9.84 Å². The van der Waals surface area contributed by atoms with Gasteiger partial charge in [-0.05, 0) is 42.5 Å². The van der Waals surface area contributed by atoms with Crippen molar-refractivity contribution in [3.63, 3.8) is 0 Å². The molecule has 1 aliphatic rings. The fourth-order valence-electron chi connectivity index (χ4n) is 2.27. The number of carbonyl (C=O) groups excluding carboxylic acids is 1. The van der Waals surface area contributed by atoms with Gasteiger partial charge in [-0.3, -0.25) is 9.59 Å². The highest BCUT2D eigenvalue weighted by molar-refractivity contribution is 6.14. The van der Waals surface area contributed by atoms with Crippen molar-refractivity contribution in [3.05, 3.63) is 29.3 Å². The Morgan fingerprint density at radius 1 is 1.32 bits per heavy atom. The molecule has 1 saturated carbocycles. The van der Waals surface area contributed by atoms with E-state index >= 15 is 0 Å². The molecule has 4 nitrogen and oxygen atoms in total. The van der Waals surface area contributed by atoms with Crippen molar-refractivity contribution in [3.8, 4) is 5.75 Å². The molecule has 0 heterocycles. The van der Waals surface area contributed by atoms with Crippen LogP contribution in [0.5, 0.6) is 5.75 Å². The van der Waals surface area contributed by atoms with Crippen molar-refractivity contribution in [1.82, 2.24) is 0 Å². The zero-order valence-corrected chi connectivity index (χ0v) is 11.4. The summed E-state index contributed by atoms with van der Waals surface area (Å²) in [6, 6.07) is 5.14. The fraction of sp³-hybridized carbons (Fsp3) is 0.467. The number of aliphatic carboxylic acids is 1. The zero-order valence-electron chi connectivity index (χ0n) is 11.4. The lowest BCUT2D eigenvalue weighted by Crippen LogP contribution is -2.25. The smallest absolute Gasteiger partial charge is 0.317 e. The summed E-state index contributed by atoms with van der Waals surface area (Å²) in [7, 11) is 1.59. The standard InChI is InChI=1S/C15H18O4/c1-9(2)11-8-10(4-5-12(11)19-3)13(16)15(6-7-15)14(17)18/h4-5,8-9H,6-7H2,1-3H3,(H,17,18). The maximum absolute atomic E-state index is 12.3. The number of carboxylic acids is 1. The van der Waals surface area contributed by atoms with E-state index < -0.39 is 11.4 Å². The first-order valence-electron chi connectivity index (χ1n) is 6.38. The average Bonchev–Trinajstić information content (AvgIpc) is 3.18. The van der Waals surface area contributed by atoms with Gasteiger partial charge in [0.1, 0.15) is 11.2 Å². The van der Waals surface area contributed by atoms with Gasteiger partial charge in [0.15, 0.2) is 5.78 Å². The molecule has 1 fully saturated rings. The summed E-state index contributed by atoms with van der Waals surface area (Å²) in [6.07, 6.45) is 0.869. The lowest BCUT2D eigenvalue weighted by atomic mass is 9.91. The van der Waals surface area contributed by atoms with Crippen LogP contribution in [0.15, 0.2) is 18.2 Å². The van der Waals surface area contributed by atoms with E-state index in [4.69, 9.17) is 9.84 Å². The molecule has 1 aromatic rings. The van der Waals surface area contributed by atoms with Gasteiger partial charge in [0.2, 0.25) is 0 Å². The topological polar surface area (TPSA) is 63.6 Å². The molecule has 0 atom stereocenters. The molecule has 2 rings (SSSR count). The van der Waals surface area contributed by atoms with Gasteiger partial charge in [-0.2, -0.15) is 0 Å². The van der Waals surface area contributed by atoms with E-state index in [9.17, 15) is 9.59 Å². The molecule has 0 saturated heterocycles. The van der Waals surface area contributed by atoms with E-state index in [0.29, 0.717) is 18.4 Å². The first-order chi connectivity index (χ1) is 8.92. The van der Waals surface area contributed by atoms with Crippen molar-refractivity contribution in [2.24, 2.45) is 5.41 Å². The molecule has 0 spiro atoms. The molecule has 102 valence electrons. The molecule has 0 amide bonds. The molecule has 0 bridgehead atoms. The summed E-state index contributed by atoms with van der Waals surface area (Å²) in [5, 5.41) is 9.17. The third-order valence-electron chi connectivity index (χ3n) is 3.71. The summed E-state index contributed by atoms with van der Waals surface area (Å²) in [4.78, 5) is 23.5. The number of carbonyl (C=O) groups is 2. The van der Waals surface area contributed by atoms with E-state index in [1.165, 1.54) is 0 Å². The third-order valence-corrected chi connectivity index (χ3v) is 3.71. The van der Waals surface area contributed by atoms with Crippen molar-refractivity contribution < 1.29 is 19.4 Å². The highest BCUT2D eigenvalue weighted by atomic mass is 16.5. The molecule has 1 aliphatic carbocycles. The van der Waals surface area contributed by atoms with Gasteiger partial charge in [-0.15, -0.1) is 0 Å². The number of benzene rings is 1. The van der Waals surface area contributed by atoms with Crippen LogP contribution in [0, 0.1) is 5.41 Å². The van der Waals surface area contributed by atoms with Gasteiger partial charge in [-0.1, -0.05) is 13.8 Å². The maximum atomic E-state index is 12.3. The van der Waals surface area contributed by atoms with Gasteiger partial charge in [0, 0.05) is 5.56 Å². The van der Waals surface area contributed by atoms with Crippen LogP contribution >= 0.6 is 0 Å². The molecule has 0 unspecified atom stereocenters. The van der Waals surface area contributed by atoms with Gasteiger partial charge in [0.05, 0.1) is 7.11 Å². The number of hydrogen-bond acceptors (Lipinski definition) is 3. The van der Waals surface area contributed by atoms with E-state index in [2.05, 4.69) is 0 Å².